The average molecular weight is 407 g/mol. The van der Waals surface area contributed by atoms with Gasteiger partial charge in [0, 0.05) is 10.9 Å². The summed E-state index contributed by atoms with van der Waals surface area (Å²) in [6.45, 7) is 0. The summed E-state index contributed by atoms with van der Waals surface area (Å²) in [5.74, 6) is -2.09. The third-order valence-electron chi connectivity index (χ3n) is 4.35. The van der Waals surface area contributed by atoms with Crippen molar-refractivity contribution < 1.29 is 13.6 Å². The molecule has 2 heterocycles. The topological polar surface area (TPSA) is 74.8 Å². The molecule has 2 N–H and O–H groups in total. The van der Waals surface area contributed by atoms with Crippen LogP contribution in [0.25, 0.3) is 10.2 Å². The van der Waals surface area contributed by atoms with Crippen molar-refractivity contribution >= 4 is 44.9 Å². The minimum atomic E-state index is -0.842. The predicted molar refractivity (Wildman–Crippen MR) is 103 cm³/mol. The lowest BCUT2D eigenvalue weighted by atomic mass is 9.97. The highest BCUT2D eigenvalue weighted by molar-refractivity contribution is 7.99. The van der Waals surface area contributed by atoms with Crippen LogP contribution in [-0.4, -0.2) is 21.6 Å². The summed E-state index contributed by atoms with van der Waals surface area (Å²) in [6, 6.07) is 2.93. The number of aryl methyl sites for hydroxylation is 2. The van der Waals surface area contributed by atoms with E-state index >= 15 is 0 Å². The van der Waals surface area contributed by atoms with E-state index in [0.717, 1.165) is 55.1 Å². The number of amides is 1. The number of nitrogens with one attached hydrogen (secondary N) is 2. The Morgan fingerprint density at radius 1 is 1.30 bits per heavy atom. The lowest BCUT2D eigenvalue weighted by Crippen LogP contribution is -2.16. The highest BCUT2D eigenvalue weighted by atomic mass is 32.2. The fourth-order valence-electron chi connectivity index (χ4n) is 3.12. The molecule has 5 nitrogen and oxygen atoms in total. The smallest absolute Gasteiger partial charge is 0.260 e. The summed E-state index contributed by atoms with van der Waals surface area (Å²) in [7, 11) is 0. The van der Waals surface area contributed by atoms with Gasteiger partial charge >= 0.3 is 0 Å². The summed E-state index contributed by atoms with van der Waals surface area (Å²) in [5.41, 5.74) is 0.827. The first-order chi connectivity index (χ1) is 13.0. The first-order valence-corrected chi connectivity index (χ1v) is 10.2. The zero-order valence-electron chi connectivity index (χ0n) is 14.1. The standard InChI is InChI=1S/C18H15F2N3O2S2/c19-9-5-6-12(11(20)7-9)21-14(24)8-26-18-22-16(25)15-10-3-1-2-4-13(10)27-17(15)23-18/h5-7H,1-4,8H2,(H,21,24)(H,22,23,25). The van der Waals surface area contributed by atoms with Gasteiger partial charge in [-0.1, -0.05) is 11.8 Å². The van der Waals surface area contributed by atoms with Crippen LogP contribution < -0.4 is 10.9 Å². The molecular weight excluding hydrogens is 392 g/mol. The van der Waals surface area contributed by atoms with Crippen LogP contribution in [0.1, 0.15) is 23.3 Å². The molecule has 0 atom stereocenters. The molecule has 9 heteroatoms. The van der Waals surface area contributed by atoms with Gasteiger partial charge in [0.15, 0.2) is 5.16 Å². The van der Waals surface area contributed by atoms with E-state index in [1.165, 1.54) is 16.2 Å². The van der Waals surface area contributed by atoms with E-state index in [1.807, 2.05) is 0 Å². The second kappa shape index (κ2) is 7.40. The molecule has 0 saturated carbocycles. The molecule has 1 aliphatic rings. The Balaban J connectivity index is 1.48. The summed E-state index contributed by atoms with van der Waals surface area (Å²) in [5, 5.41) is 3.39. The number of carbonyl (C=O) groups is 1. The van der Waals surface area contributed by atoms with Gasteiger partial charge < -0.3 is 10.3 Å². The number of nitrogens with zero attached hydrogens (tertiary/aromatic N) is 1. The summed E-state index contributed by atoms with van der Waals surface area (Å²) in [4.78, 5) is 33.6. The van der Waals surface area contributed by atoms with Crippen molar-refractivity contribution in [1.29, 1.82) is 0 Å². The van der Waals surface area contributed by atoms with E-state index < -0.39 is 17.5 Å². The van der Waals surface area contributed by atoms with Crippen LogP contribution in [0.15, 0.2) is 28.2 Å². The maximum absolute atomic E-state index is 13.6. The van der Waals surface area contributed by atoms with Gasteiger partial charge in [0.1, 0.15) is 16.5 Å². The molecule has 0 saturated heterocycles. The molecule has 1 amide bonds. The van der Waals surface area contributed by atoms with Crippen LogP contribution in [-0.2, 0) is 17.6 Å². The Bertz CT molecular complexity index is 1090. The Morgan fingerprint density at radius 3 is 2.93 bits per heavy atom. The molecule has 140 valence electrons. The largest absolute Gasteiger partial charge is 0.323 e. The highest BCUT2D eigenvalue weighted by Gasteiger charge is 2.20. The minimum Gasteiger partial charge on any atom is -0.323 e. The summed E-state index contributed by atoms with van der Waals surface area (Å²) in [6.07, 6.45) is 4.08. The third kappa shape index (κ3) is 3.74. The van der Waals surface area contributed by atoms with Gasteiger partial charge in [-0.2, -0.15) is 0 Å². The minimum absolute atomic E-state index is 0.0592. The van der Waals surface area contributed by atoms with Crippen molar-refractivity contribution in [3.05, 3.63) is 50.6 Å². The van der Waals surface area contributed by atoms with E-state index in [2.05, 4.69) is 15.3 Å². The Morgan fingerprint density at radius 2 is 2.11 bits per heavy atom. The number of aromatic amines is 1. The molecule has 0 radical (unpaired) electrons. The highest BCUT2D eigenvalue weighted by Crippen LogP contribution is 2.34. The maximum Gasteiger partial charge on any atom is 0.260 e. The molecule has 3 aromatic rings. The van der Waals surface area contributed by atoms with Gasteiger partial charge in [-0.15, -0.1) is 11.3 Å². The maximum atomic E-state index is 13.6. The quantitative estimate of drug-likeness (QED) is 0.509. The van der Waals surface area contributed by atoms with Gasteiger partial charge in [-0.3, -0.25) is 9.59 Å². The van der Waals surface area contributed by atoms with Crippen LogP contribution >= 0.6 is 23.1 Å². The molecule has 1 aromatic carbocycles. The summed E-state index contributed by atoms with van der Waals surface area (Å²) >= 11 is 2.60. The Labute approximate surface area is 161 Å². The van der Waals surface area contributed by atoms with E-state index in [-0.39, 0.29) is 17.0 Å². The Kier molecular flexibility index (Phi) is 4.96. The van der Waals surface area contributed by atoms with Crippen molar-refractivity contribution in [1.82, 2.24) is 9.97 Å². The van der Waals surface area contributed by atoms with Crippen LogP contribution in [0.4, 0.5) is 14.5 Å². The van der Waals surface area contributed by atoms with E-state index in [1.54, 1.807) is 0 Å². The van der Waals surface area contributed by atoms with Crippen LogP contribution in [0.5, 0.6) is 0 Å². The van der Waals surface area contributed by atoms with E-state index in [4.69, 9.17) is 0 Å². The number of thiophene rings is 1. The normalized spacial score (nSPS) is 13.6. The number of anilines is 1. The number of fused-ring (bicyclic) bond motifs is 3. The molecule has 27 heavy (non-hydrogen) atoms. The molecule has 2 aromatic heterocycles. The second-order valence-corrected chi connectivity index (χ2v) is 8.27. The number of thioether (sulfide) groups is 1. The molecule has 0 fully saturated rings. The number of aromatic nitrogens is 2. The van der Waals surface area contributed by atoms with Gasteiger partial charge in [-0.05, 0) is 43.4 Å². The fourth-order valence-corrected chi connectivity index (χ4v) is 5.10. The zero-order chi connectivity index (χ0) is 19.0. The van der Waals surface area contributed by atoms with Crippen LogP contribution in [0.3, 0.4) is 0 Å². The number of H-pyrrole nitrogens is 1. The van der Waals surface area contributed by atoms with E-state index in [9.17, 15) is 18.4 Å². The zero-order valence-corrected chi connectivity index (χ0v) is 15.7. The first-order valence-electron chi connectivity index (χ1n) is 8.43. The first kappa shape index (κ1) is 18.1. The van der Waals surface area contributed by atoms with Crippen molar-refractivity contribution in [2.45, 2.75) is 30.8 Å². The van der Waals surface area contributed by atoms with Crippen molar-refractivity contribution in [3.63, 3.8) is 0 Å². The van der Waals surface area contributed by atoms with Gasteiger partial charge in [0.05, 0.1) is 16.8 Å². The predicted octanol–water partition coefficient (Wildman–Crippen LogP) is 3.87. The van der Waals surface area contributed by atoms with E-state index in [0.29, 0.717) is 21.4 Å². The van der Waals surface area contributed by atoms with Crippen molar-refractivity contribution in [3.8, 4) is 0 Å². The van der Waals surface area contributed by atoms with Gasteiger partial charge in [-0.25, -0.2) is 13.8 Å². The van der Waals surface area contributed by atoms with Gasteiger partial charge in [0.2, 0.25) is 5.91 Å². The number of hydrogen-bond donors (Lipinski definition) is 2. The molecule has 0 unspecified atom stereocenters. The Hall–Kier alpha value is -2.26. The molecule has 0 bridgehead atoms. The number of rotatable bonds is 4. The van der Waals surface area contributed by atoms with Crippen LogP contribution in [0, 0.1) is 11.6 Å². The monoisotopic (exact) mass is 407 g/mol. The summed E-state index contributed by atoms with van der Waals surface area (Å²) < 4.78 is 26.5. The fraction of sp³-hybridized carbons (Fsp3) is 0.278. The SMILES string of the molecule is O=C(CSc1nc2sc3c(c2c(=O)[nH]1)CCCC3)Nc1ccc(F)cc1F. The third-order valence-corrected chi connectivity index (χ3v) is 6.41. The van der Waals surface area contributed by atoms with Crippen LogP contribution in [0.2, 0.25) is 0 Å². The molecule has 4 rings (SSSR count). The number of carbonyl (C=O) groups excluding carboxylic acids is 1. The van der Waals surface area contributed by atoms with Gasteiger partial charge in [0.25, 0.3) is 5.56 Å². The lowest BCUT2D eigenvalue weighted by Gasteiger charge is -2.09. The van der Waals surface area contributed by atoms with Crippen molar-refractivity contribution in [2.75, 3.05) is 11.1 Å². The molecule has 0 spiro atoms. The number of benzene rings is 1. The average Bonchev–Trinajstić information content (AvgIpc) is 3.01. The molecule has 0 aliphatic heterocycles. The van der Waals surface area contributed by atoms with Crippen molar-refractivity contribution in [2.24, 2.45) is 0 Å². The molecule has 1 aliphatic carbocycles. The number of hydrogen-bond acceptors (Lipinski definition) is 5. The lowest BCUT2D eigenvalue weighted by molar-refractivity contribution is -0.113. The number of halogens is 2. The molecular formula is C18H15F2N3O2S2. The second-order valence-electron chi connectivity index (χ2n) is 6.22.